The van der Waals surface area contributed by atoms with Crippen molar-refractivity contribution in [2.75, 3.05) is 10.6 Å². The molecule has 0 radical (unpaired) electrons. The number of halogens is 2. The first-order valence-corrected chi connectivity index (χ1v) is 6.91. The van der Waals surface area contributed by atoms with Crippen molar-refractivity contribution >= 4 is 34.8 Å². The van der Waals surface area contributed by atoms with Crippen LogP contribution < -0.4 is 10.6 Å². The van der Waals surface area contributed by atoms with Crippen molar-refractivity contribution in [3.63, 3.8) is 0 Å². The number of carbonyl (C=O) groups excluding carboxylic acids is 2. The number of benzene rings is 2. The van der Waals surface area contributed by atoms with Crippen LogP contribution >= 0.6 is 11.6 Å². The Morgan fingerprint density at radius 2 is 1.78 bits per heavy atom. The normalized spacial score (nSPS) is 9.78. The van der Waals surface area contributed by atoms with Crippen molar-refractivity contribution in [2.45, 2.75) is 6.42 Å². The summed E-state index contributed by atoms with van der Waals surface area (Å²) in [5, 5.41) is 13.5. The lowest BCUT2D eigenvalue weighted by molar-refractivity contribution is -0.115. The van der Waals surface area contributed by atoms with E-state index in [-0.39, 0.29) is 17.0 Å². The molecule has 2 amide bonds. The van der Waals surface area contributed by atoms with E-state index in [1.807, 2.05) is 0 Å². The van der Waals surface area contributed by atoms with Crippen molar-refractivity contribution in [3.05, 3.63) is 58.9 Å². The Kier molecular flexibility index (Phi) is 5.28. The molecule has 0 aliphatic rings. The largest absolute Gasteiger partial charge is 0.325 e. The molecular weight excluding hydrogens is 321 g/mol. The zero-order chi connectivity index (χ0) is 16.8. The van der Waals surface area contributed by atoms with E-state index in [0.717, 1.165) is 6.07 Å². The molecule has 0 saturated carbocycles. The molecule has 0 aliphatic heterocycles. The zero-order valence-electron chi connectivity index (χ0n) is 11.8. The van der Waals surface area contributed by atoms with Gasteiger partial charge in [-0.15, -0.1) is 0 Å². The van der Waals surface area contributed by atoms with Crippen LogP contribution in [-0.2, 0) is 4.79 Å². The topological polar surface area (TPSA) is 82.0 Å². The lowest BCUT2D eigenvalue weighted by Crippen LogP contribution is -2.15. The summed E-state index contributed by atoms with van der Waals surface area (Å²) in [5.74, 6) is -1.89. The van der Waals surface area contributed by atoms with Crippen LogP contribution in [0.5, 0.6) is 0 Å². The van der Waals surface area contributed by atoms with Gasteiger partial charge in [0.25, 0.3) is 5.91 Å². The SMILES string of the molecule is N#CCC(=O)Nc1cccc(NC(=O)c2c(F)cccc2Cl)c1. The van der Waals surface area contributed by atoms with Gasteiger partial charge in [-0.2, -0.15) is 5.26 Å². The molecule has 0 unspecified atom stereocenters. The second-order valence-corrected chi connectivity index (χ2v) is 4.92. The molecule has 2 aromatic rings. The van der Waals surface area contributed by atoms with Gasteiger partial charge in [-0.3, -0.25) is 9.59 Å². The molecule has 0 atom stereocenters. The minimum absolute atomic E-state index is 0.000905. The second kappa shape index (κ2) is 7.38. The maximum absolute atomic E-state index is 13.7. The molecule has 0 aromatic heterocycles. The summed E-state index contributed by atoms with van der Waals surface area (Å²) in [5.41, 5.74) is 0.500. The molecule has 0 fully saturated rings. The Morgan fingerprint density at radius 3 is 2.43 bits per heavy atom. The van der Waals surface area contributed by atoms with E-state index in [2.05, 4.69) is 10.6 Å². The van der Waals surface area contributed by atoms with E-state index < -0.39 is 17.6 Å². The fraction of sp³-hybridized carbons (Fsp3) is 0.0625. The number of hydrogen-bond donors (Lipinski definition) is 2. The molecule has 2 rings (SSSR count). The van der Waals surface area contributed by atoms with Crippen LogP contribution in [0.4, 0.5) is 15.8 Å². The lowest BCUT2D eigenvalue weighted by atomic mass is 10.2. The second-order valence-electron chi connectivity index (χ2n) is 4.51. The summed E-state index contributed by atoms with van der Waals surface area (Å²) in [6, 6.07) is 11.9. The standard InChI is InChI=1S/C16H11ClFN3O2/c17-12-5-2-6-13(18)15(12)16(23)21-11-4-1-3-10(9-11)20-14(22)7-8-19/h1-6,9H,7H2,(H,20,22)(H,21,23). The smallest absolute Gasteiger partial charge is 0.260 e. The molecule has 0 spiro atoms. The Bertz CT molecular complexity index is 782. The Balaban J connectivity index is 2.16. The van der Waals surface area contributed by atoms with Gasteiger partial charge >= 0.3 is 0 Å². The van der Waals surface area contributed by atoms with Gasteiger partial charge < -0.3 is 10.6 Å². The number of carbonyl (C=O) groups is 2. The quantitative estimate of drug-likeness (QED) is 0.898. The number of anilines is 2. The number of rotatable bonds is 4. The number of amides is 2. The van der Waals surface area contributed by atoms with Gasteiger partial charge in [0, 0.05) is 11.4 Å². The summed E-state index contributed by atoms with van der Waals surface area (Å²) in [4.78, 5) is 23.5. The first-order chi connectivity index (χ1) is 11.0. The van der Waals surface area contributed by atoms with Gasteiger partial charge in [0.2, 0.25) is 5.91 Å². The predicted molar refractivity (Wildman–Crippen MR) is 84.7 cm³/mol. The third-order valence-corrected chi connectivity index (χ3v) is 3.15. The first-order valence-electron chi connectivity index (χ1n) is 6.53. The van der Waals surface area contributed by atoms with Crippen LogP contribution in [0.3, 0.4) is 0 Å². The zero-order valence-corrected chi connectivity index (χ0v) is 12.5. The maximum atomic E-state index is 13.7. The molecule has 0 saturated heterocycles. The minimum atomic E-state index is -0.728. The van der Waals surface area contributed by atoms with Crippen LogP contribution in [0.1, 0.15) is 16.8 Å². The average molecular weight is 332 g/mol. The number of nitrogens with one attached hydrogen (secondary N) is 2. The molecule has 7 heteroatoms. The van der Waals surface area contributed by atoms with E-state index in [0.29, 0.717) is 11.4 Å². The molecule has 2 aromatic carbocycles. The molecule has 116 valence electrons. The molecule has 5 nitrogen and oxygen atoms in total. The van der Waals surface area contributed by atoms with Crippen molar-refractivity contribution in [1.29, 1.82) is 5.26 Å². The van der Waals surface area contributed by atoms with Crippen molar-refractivity contribution < 1.29 is 14.0 Å². The molecule has 23 heavy (non-hydrogen) atoms. The maximum Gasteiger partial charge on any atom is 0.260 e. The van der Waals surface area contributed by atoms with Crippen molar-refractivity contribution in [3.8, 4) is 6.07 Å². The van der Waals surface area contributed by atoms with Gasteiger partial charge in [-0.25, -0.2) is 4.39 Å². The number of hydrogen-bond acceptors (Lipinski definition) is 3. The number of nitriles is 1. The van der Waals surface area contributed by atoms with Gasteiger partial charge in [0.15, 0.2) is 0 Å². The Morgan fingerprint density at radius 1 is 1.13 bits per heavy atom. The molecule has 2 N–H and O–H groups in total. The van der Waals surface area contributed by atoms with Crippen LogP contribution in [0.25, 0.3) is 0 Å². The summed E-state index contributed by atoms with van der Waals surface area (Å²) in [6.07, 6.45) is -0.276. The van der Waals surface area contributed by atoms with E-state index >= 15 is 0 Å². The first kappa shape index (κ1) is 16.5. The summed E-state index contributed by atoms with van der Waals surface area (Å²) >= 11 is 5.84. The highest BCUT2D eigenvalue weighted by Crippen LogP contribution is 2.21. The minimum Gasteiger partial charge on any atom is -0.325 e. The van der Waals surface area contributed by atoms with E-state index in [9.17, 15) is 14.0 Å². The lowest BCUT2D eigenvalue weighted by Gasteiger charge is -2.09. The fourth-order valence-electron chi connectivity index (χ4n) is 1.86. The van der Waals surface area contributed by atoms with Gasteiger partial charge in [0.1, 0.15) is 12.2 Å². The Labute approximate surface area is 136 Å². The van der Waals surface area contributed by atoms with Crippen molar-refractivity contribution in [2.24, 2.45) is 0 Å². The summed E-state index contributed by atoms with van der Waals surface area (Å²) in [6.45, 7) is 0. The van der Waals surface area contributed by atoms with Gasteiger partial charge in [-0.1, -0.05) is 23.7 Å². The molecule has 0 heterocycles. The summed E-state index contributed by atoms with van der Waals surface area (Å²) in [7, 11) is 0. The third-order valence-electron chi connectivity index (χ3n) is 2.83. The van der Waals surface area contributed by atoms with E-state index in [1.165, 1.54) is 18.2 Å². The third kappa shape index (κ3) is 4.28. The highest BCUT2D eigenvalue weighted by atomic mass is 35.5. The van der Waals surface area contributed by atoms with E-state index in [1.54, 1.807) is 24.3 Å². The fourth-order valence-corrected chi connectivity index (χ4v) is 2.11. The van der Waals surface area contributed by atoms with Crippen LogP contribution in [0.15, 0.2) is 42.5 Å². The average Bonchev–Trinajstić information content (AvgIpc) is 2.47. The molecular formula is C16H11ClFN3O2. The van der Waals surface area contributed by atoms with Crippen LogP contribution in [0, 0.1) is 17.1 Å². The molecule has 0 bridgehead atoms. The van der Waals surface area contributed by atoms with Crippen LogP contribution in [-0.4, -0.2) is 11.8 Å². The van der Waals surface area contributed by atoms with Crippen molar-refractivity contribution in [1.82, 2.24) is 0 Å². The van der Waals surface area contributed by atoms with Gasteiger partial charge in [-0.05, 0) is 30.3 Å². The predicted octanol–water partition coefficient (Wildman–Crippen LogP) is 3.58. The highest BCUT2D eigenvalue weighted by molar-refractivity contribution is 6.34. The van der Waals surface area contributed by atoms with E-state index in [4.69, 9.17) is 16.9 Å². The Hall–Kier alpha value is -2.91. The summed E-state index contributed by atoms with van der Waals surface area (Å²) < 4.78 is 13.7. The van der Waals surface area contributed by atoms with Crippen LogP contribution in [0.2, 0.25) is 5.02 Å². The molecule has 0 aliphatic carbocycles. The van der Waals surface area contributed by atoms with Gasteiger partial charge in [0.05, 0.1) is 16.7 Å². The number of nitrogens with zero attached hydrogens (tertiary/aromatic N) is 1. The highest BCUT2D eigenvalue weighted by Gasteiger charge is 2.16. The monoisotopic (exact) mass is 331 g/mol.